The molecule has 222 valence electrons. The molecule has 0 saturated carbocycles. The number of phenols is 1. The molecule has 0 bridgehead atoms. The number of hydrogen-bond acceptors (Lipinski definition) is 9. The number of carbonyl (C=O) groups is 6. The van der Waals surface area contributed by atoms with Gasteiger partial charge < -0.3 is 47.1 Å². The first-order valence-corrected chi connectivity index (χ1v) is 12.4. The second kappa shape index (κ2) is 15.6. The van der Waals surface area contributed by atoms with Crippen LogP contribution in [0.2, 0.25) is 0 Å². The fraction of sp³-hybridized carbons (Fsp3) is 0.400. The van der Waals surface area contributed by atoms with E-state index in [1.807, 2.05) is 0 Å². The summed E-state index contributed by atoms with van der Waals surface area (Å²) >= 11 is 0. The van der Waals surface area contributed by atoms with E-state index >= 15 is 0 Å². The molecule has 1 aromatic carbocycles. The third-order valence-electron chi connectivity index (χ3n) is 5.88. The molecule has 3 amide bonds. The zero-order valence-electron chi connectivity index (χ0n) is 21.8. The number of aromatic nitrogens is 2. The molecule has 0 spiro atoms. The average Bonchev–Trinajstić information content (AvgIpc) is 3.42. The van der Waals surface area contributed by atoms with Crippen molar-refractivity contribution in [2.75, 3.05) is 0 Å². The quantitative estimate of drug-likeness (QED) is 0.104. The Morgan fingerprint density at radius 3 is 1.85 bits per heavy atom. The number of hydrogen-bond donors (Lipinski definition) is 9. The first kappa shape index (κ1) is 32.2. The van der Waals surface area contributed by atoms with Gasteiger partial charge in [0.05, 0.1) is 12.4 Å². The van der Waals surface area contributed by atoms with Crippen molar-refractivity contribution in [3.63, 3.8) is 0 Å². The predicted molar refractivity (Wildman–Crippen MR) is 139 cm³/mol. The molecule has 0 saturated heterocycles. The number of benzene rings is 1. The number of aromatic amines is 1. The second-order valence-corrected chi connectivity index (χ2v) is 9.14. The van der Waals surface area contributed by atoms with Crippen molar-refractivity contribution >= 4 is 35.6 Å². The zero-order chi connectivity index (χ0) is 30.5. The Labute approximate surface area is 233 Å². The van der Waals surface area contributed by atoms with Crippen LogP contribution in [0.15, 0.2) is 36.8 Å². The summed E-state index contributed by atoms with van der Waals surface area (Å²) in [7, 11) is 0. The second-order valence-electron chi connectivity index (χ2n) is 9.14. The monoisotopic (exact) mass is 576 g/mol. The van der Waals surface area contributed by atoms with E-state index in [4.69, 9.17) is 15.9 Å². The highest BCUT2D eigenvalue weighted by Crippen LogP contribution is 2.12. The molecule has 16 heteroatoms. The Hall–Kier alpha value is -4.99. The molecule has 0 aliphatic carbocycles. The Bertz CT molecular complexity index is 1220. The van der Waals surface area contributed by atoms with E-state index in [0.29, 0.717) is 11.3 Å². The van der Waals surface area contributed by atoms with Crippen LogP contribution in [-0.2, 0) is 41.6 Å². The Kier molecular flexibility index (Phi) is 12.2. The topological polar surface area (TPSA) is 274 Å². The largest absolute Gasteiger partial charge is 0.508 e. The molecular weight excluding hydrogens is 544 g/mol. The number of amides is 3. The molecule has 0 fully saturated rings. The van der Waals surface area contributed by atoms with Crippen LogP contribution in [0.4, 0.5) is 0 Å². The highest BCUT2D eigenvalue weighted by Gasteiger charge is 2.31. The highest BCUT2D eigenvalue weighted by molar-refractivity contribution is 5.94. The van der Waals surface area contributed by atoms with Crippen LogP contribution in [0.25, 0.3) is 0 Å². The van der Waals surface area contributed by atoms with Crippen molar-refractivity contribution in [1.29, 1.82) is 0 Å². The number of nitrogens with one attached hydrogen (secondary N) is 4. The molecule has 1 aromatic heterocycles. The minimum absolute atomic E-state index is 0.0401. The van der Waals surface area contributed by atoms with Crippen LogP contribution in [0, 0.1) is 0 Å². The number of carboxylic acid groups (broad SMARTS) is 3. The highest BCUT2D eigenvalue weighted by atomic mass is 16.4. The number of imidazole rings is 1. The zero-order valence-corrected chi connectivity index (χ0v) is 21.8. The van der Waals surface area contributed by atoms with Crippen LogP contribution < -0.4 is 21.7 Å². The number of rotatable bonds is 17. The van der Waals surface area contributed by atoms with Gasteiger partial charge in [0.1, 0.15) is 23.9 Å². The van der Waals surface area contributed by atoms with Crippen molar-refractivity contribution < 1.29 is 49.2 Å². The van der Waals surface area contributed by atoms with Crippen molar-refractivity contribution in [2.24, 2.45) is 5.73 Å². The maximum atomic E-state index is 13.3. The summed E-state index contributed by atoms with van der Waals surface area (Å²) < 4.78 is 0. The molecule has 2 rings (SSSR count). The van der Waals surface area contributed by atoms with Gasteiger partial charge in [-0.2, -0.15) is 0 Å². The summed E-state index contributed by atoms with van der Waals surface area (Å²) in [5, 5.41) is 43.9. The van der Waals surface area contributed by atoms with Crippen LogP contribution >= 0.6 is 0 Å². The molecule has 1 heterocycles. The van der Waals surface area contributed by atoms with Gasteiger partial charge in [-0.05, 0) is 30.5 Å². The van der Waals surface area contributed by atoms with Crippen LogP contribution in [0.5, 0.6) is 5.75 Å². The molecule has 0 aliphatic heterocycles. The fourth-order valence-electron chi connectivity index (χ4n) is 3.69. The lowest BCUT2D eigenvalue weighted by Gasteiger charge is -2.25. The minimum Gasteiger partial charge on any atom is -0.508 e. The number of nitrogens with two attached hydrogens (primary N) is 1. The molecule has 0 aliphatic rings. The molecule has 2 aromatic rings. The van der Waals surface area contributed by atoms with Crippen molar-refractivity contribution in [2.45, 2.75) is 62.7 Å². The van der Waals surface area contributed by atoms with Gasteiger partial charge in [0, 0.05) is 37.6 Å². The van der Waals surface area contributed by atoms with E-state index in [0.717, 1.165) is 0 Å². The normalized spacial score (nSPS) is 13.7. The molecule has 0 radical (unpaired) electrons. The van der Waals surface area contributed by atoms with Crippen LogP contribution in [-0.4, -0.2) is 90.2 Å². The number of H-pyrrole nitrogens is 1. The number of phenolic OH excluding ortho intramolecular Hbond substituents is 1. The average molecular weight is 577 g/mol. The SMILES string of the molecule is NC(Cc1cnc[nH]1)C(=O)NC(Cc1ccc(O)cc1)C(=O)NC(CCC(=O)O)C(=O)NC(CCC(=O)O)C(=O)O. The number of carbonyl (C=O) groups excluding carboxylic acids is 3. The van der Waals surface area contributed by atoms with Gasteiger partial charge in [-0.3, -0.25) is 24.0 Å². The summed E-state index contributed by atoms with van der Waals surface area (Å²) in [5.41, 5.74) is 7.06. The lowest BCUT2D eigenvalue weighted by molar-refractivity contribution is -0.144. The number of aliphatic carboxylic acids is 3. The van der Waals surface area contributed by atoms with Gasteiger partial charge in [-0.1, -0.05) is 12.1 Å². The predicted octanol–water partition coefficient (Wildman–Crippen LogP) is -1.50. The van der Waals surface area contributed by atoms with Crippen LogP contribution in [0.3, 0.4) is 0 Å². The summed E-state index contributed by atoms with van der Waals surface area (Å²) in [6.07, 6.45) is 0.799. The van der Waals surface area contributed by atoms with Gasteiger partial charge >= 0.3 is 17.9 Å². The summed E-state index contributed by atoms with van der Waals surface area (Å²) in [4.78, 5) is 79.3. The van der Waals surface area contributed by atoms with E-state index in [9.17, 15) is 39.0 Å². The summed E-state index contributed by atoms with van der Waals surface area (Å²) in [6.45, 7) is 0. The standard InChI is InChI=1S/C25H32N6O10/c26-16(10-14-11-27-12-28-14)22(37)31-19(9-13-1-3-15(32)4-2-13)24(39)29-17(5-7-20(33)34)23(38)30-18(25(40)41)6-8-21(35)36/h1-4,11-12,16-19,32H,5-10,26H2,(H,27,28)(H,29,39)(H,30,38)(H,31,37)(H,33,34)(H,35,36)(H,40,41). The van der Waals surface area contributed by atoms with Gasteiger partial charge in [0.25, 0.3) is 0 Å². The van der Waals surface area contributed by atoms with Crippen LogP contribution in [0.1, 0.15) is 36.9 Å². The number of carboxylic acids is 3. The van der Waals surface area contributed by atoms with Gasteiger partial charge in [-0.25, -0.2) is 9.78 Å². The van der Waals surface area contributed by atoms with Crippen molar-refractivity contribution in [3.05, 3.63) is 48.0 Å². The smallest absolute Gasteiger partial charge is 0.326 e. The maximum Gasteiger partial charge on any atom is 0.326 e. The Balaban J connectivity index is 2.24. The van der Waals surface area contributed by atoms with Gasteiger partial charge in [0.15, 0.2) is 0 Å². The Morgan fingerprint density at radius 2 is 1.32 bits per heavy atom. The number of nitrogens with zero attached hydrogens (tertiary/aromatic N) is 1. The first-order chi connectivity index (χ1) is 19.3. The fourth-order valence-corrected chi connectivity index (χ4v) is 3.69. The summed E-state index contributed by atoms with van der Waals surface area (Å²) in [6, 6.07) is 0.162. The molecular formula is C25H32N6O10. The number of aromatic hydroxyl groups is 1. The lowest BCUT2D eigenvalue weighted by atomic mass is 10.0. The molecule has 4 unspecified atom stereocenters. The minimum atomic E-state index is -1.61. The lowest BCUT2D eigenvalue weighted by Crippen LogP contribution is -2.57. The molecule has 10 N–H and O–H groups in total. The van der Waals surface area contributed by atoms with E-state index in [-0.39, 0.29) is 18.6 Å². The van der Waals surface area contributed by atoms with E-state index in [2.05, 4.69) is 25.9 Å². The Morgan fingerprint density at radius 1 is 0.780 bits per heavy atom. The van der Waals surface area contributed by atoms with E-state index < -0.39 is 85.5 Å². The third kappa shape index (κ3) is 11.3. The van der Waals surface area contributed by atoms with Crippen molar-refractivity contribution in [3.8, 4) is 5.75 Å². The van der Waals surface area contributed by atoms with Gasteiger partial charge in [0.2, 0.25) is 17.7 Å². The molecule has 16 nitrogen and oxygen atoms in total. The van der Waals surface area contributed by atoms with Gasteiger partial charge in [-0.15, -0.1) is 0 Å². The van der Waals surface area contributed by atoms with E-state index in [1.165, 1.54) is 36.8 Å². The third-order valence-corrected chi connectivity index (χ3v) is 5.88. The summed E-state index contributed by atoms with van der Waals surface area (Å²) in [5.74, 6) is -6.82. The van der Waals surface area contributed by atoms with Crippen molar-refractivity contribution in [1.82, 2.24) is 25.9 Å². The first-order valence-electron chi connectivity index (χ1n) is 12.4. The van der Waals surface area contributed by atoms with E-state index in [1.54, 1.807) is 0 Å². The maximum absolute atomic E-state index is 13.3. The molecule has 41 heavy (non-hydrogen) atoms. The molecule has 4 atom stereocenters.